The van der Waals surface area contributed by atoms with E-state index in [1.54, 1.807) is 11.7 Å². The maximum atomic E-state index is 13.2. The molecule has 0 saturated heterocycles. The van der Waals surface area contributed by atoms with Crippen molar-refractivity contribution in [2.75, 3.05) is 7.11 Å². The molecule has 0 atom stereocenters. The van der Waals surface area contributed by atoms with Crippen molar-refractivity contribution in [2.24, 2.45) is 0 Å². The first kappa shape index (κ1) is 15.1. The molecule has 0 saturated carbocycles. The molecule has 4 nitrogen and oxygen atoms in total. The van der Waals surface area contributed by atoms with E-state index in [0.29, 0.717) is 5.69 Å². The molecule has 0 amide bonds. The molecule has 25 heavy (non-hydrogen) atoms. The number of fused-ring (bicyclic) bond motifs is 1. The monoisotopic (exact) mass is 328 g/mol. The van der Waals surface area contributed by atoms with Crippen LogP contribution in [0.25, 0.3) is 28.0 Å². The van der Waals surface area contributed by atoms with Crippen LogP contribution in [-0.2, 0) is 0 Å². The molecule has 0 spiro atoms. The highest BCUT2D eigenvalue weighted by Crippen LogP contribution is 2.22. The highest BCUT2D eigenvalue weighted by Gasteiger charge is 2.13. The molecule has 1 aromatic heterocycles. The summed E-state index contributed by atoms with van der Waals surface area (Å²) < 4.78 is 6.91. The van der Waals surface area contributed by atoms with Gasteiger partial charge in [-0.3, -0.25) is 9.36 Å². The molecule has 0 aliphatic rings. The number of nitrogens with zero attached hydrogens (tertiary/aromatic N) is 2. The summed E-state index contributed by atoms with van der Waals surface area (Å²) in [6.07, 6.45) is 0. The Balaban J connectivity index is 2.03. The fourth-order valence-corrected chi connectivity index (χ4v) is 2.90. The van der Waals surface area contributed by atoms with Gasteiger partial charge in [0.2, 0.25) is 0 Å². The SMILES string of the molecule is COc1ccc(-c2nc3ccccc3n(-c3ccccc3)c2=O)cc1. The van der Waals surface area contributed by atoms with Gasteiger partial charge in [-0.05, 0) is 48.5 Å². The molecule has 3 aromatic carbocycles. The maximum Gasteiger partial charge on any atom is 0.282 e. The molecule has 0 unspecified atom stereocenters. The smallest absolute Gasteiger partial charge is 0.282 e. The minimum Gasteiger partial charge on any atom is -0.497 e. The second-order valence-corrected chi connectivity index (χ2v) is 5.65. The summed E-state index contributed by atoms with van der Waals surface area (Å²) in [4.78, 5) is 17.8. The van der Waals surface area contributed by atoms with Crippen LogP contribution in [0.3, 0.4) is 0 Å². The van der Waals surface area contributed by atoms with Gasteiger partial charge in [0.05, 0.1) is 18.1 Å². The van der Waals surface area contributed by atoms with Crippen molar-refractivity contribution in [1.29, 1.82) is 0 Å². The third-order valence-electron chi connectivity index (χ3n) is 4.14. The third-order valence-corrected chi connectivity index (χ3v) is 4.14. The Kier molecular flexibility index (Phi) is 3.78. The van der Waals surface area contributed by atoms with E-state index in [1.807, 2.05) is 78.9 Å². The summed E-state index contributed by atoms with van der Waals surface area (Å²) in [5.41, 5.74) is 3.43. The number of hydrogen-bond acceptors (Lipinski definition) is 3. The number of ether oxygens (including phenoxy) is 1. The fourth-order valence-electron chi connectivity index (χ4n) is 2.90. The van der Waals surface area contributed by atoms with Gasteiger partial charge in [0.15, 0.2) is 0 Å². The summed E-state index contributed by atoms with van der Waals surface area (Å²) in [5.74, 6) is 0.743. The van der Waals surface area contributed by atoms with Crippen molar-refractivity contribution in [3.8, 4) is 22.7 Å². The minimum absolute atomic E-state index is 0.143. The molecule has 0 radical (unpaired) electrons. The molecule has 4 heteroatoms. The van der Waals surface area contributed by atoms with Crippen molar-refractivity contribution in [3.63, 3.8) is 0 Å². The molecule has 4 rings (SSSR count). The summed E-state index contributed by atoms with van der Waals surface area (Å²) in [7, 11) is 1.62. The standard InChI is InChI=1S/C21H16N2O2/c1-25-17-13-11-15(12-14-17)20-21(24)23(16-7-3-2-4-8-16)19-10-6-5-9-18(19)22-20/h2-14H,1H3. The van der Waals surface area contributed by atoms with Gasteiger partial charge in [0, 0.05) is 11.3 Å². The van der Waals surface area contributed by atoms with E-state index in [2.05, 4.69) is 4.98 Å². The van der Waals surface area contributed by atoms with E-state index in [4.69, 9.17) is 4.74 Å². The quantitative estimate of drug-likeness (QED) is 0.569. The van der Waals surface area contributed by atoms with E-state index in [0.717, 1.165) is 28.0 Å². The van der Waals surface area contributed by atoms with E-state index >= 15 is 0 Å². The Bertz CT molecular complexity index is 1080. The van der Waals surface area contributed by atoms with Crippen LogP contribution >= 0.6 is 0 Å². The lowest BCUT2D eigenvalue weighted by molar-refractivity contribution is 0.415. The topological polar surface area (TPSA) is 44.1 Å². The van der Waals surface area contributed by atoms with Crippen LogP contribution in [0.15, 0.2) is 83.7 Å². The first-order chi connectivity index (χ1) is 12.3. The lowest BCUT2D eigenvalue weighted by atomic mass is 10.1. The van der Waals surface area contributed by atoms with Crippen molar-refractivity contribution in [2.45, 2.75) is 0 Å². The fraction of sp³-hybridized carbons (Fsp3) is 0.0476. The van der Waals surface area contributed by atoms with E-state index in [-0.39, 0.29) is 5.56 Å². The van der Waals surface area contributed by atoms with Crippen LogP contribution in [0, 0.1) is 0 Å². The second-order valence-electron chi connectivity index (χ2n) is 5.65. The predicted molar refractivity (Wildman–Crippen MR) is 99.3 cm³/mol. The van der Waals surface area contributed by atoms with Crippen LogP contribution in [0.2, 0.25) is 0 Å². The Hall–Kier alpha value is -3.40. The Morgan fingerprint density at radius 2 is 1.52 bits per heavy atom. The van der Waals surface area contributed by atoms with Gasteiger partial charge < -0.3 is 4.74 Å². The Morgan fingerprint density at radius 3 is 2.24 bits per heavy atom. The normalized spacial score (nSPS) is 10.8. The van der Waals surface area contributed by atoms with Gasteiger partial charge in [-0.2, -0.15) is 0 Å². The molecule has 4 aromatic rings. The van der Waals surface area contributed by atoms with Crippen molar-refractivity contribution >= 4 is 11.0 Å². The van der Waals surface area contributed by atoms with Crippen LogP contribution < -0.4 is 10.3 Å². The van der Waals surface area contributed by atoms with Gasteiger partial charge >= 0.3 is 0 Å². The van der Waals surface area contributed by atoms with Crippen molar-refractivity contribution < 1.29 is 4.74 Å². The molecule has 0 aliphatic carbocycles. The zero-order valence-electron chi connectivity index (χ0n) is 13.7. The first-order valence-corrected chi connectivity index (χ1v) is 7.99. The molecule has 0 fully saturated rings. The molecule has 0 aliphatic heterocycles. The predicted octanol–water partition coefficient (Wildman–Crippen LogP) is 4.06. The summed E-state index contributed by atoms with van der Waals surface area (Å²) in [5, 5.41) is 0. The van der Waals surface area contributed by atoms with Gasteiger partial charge in [0.1, 0.15) is 11.4 Å². The number of hydrogen-bond donors (Lipinski definition) is 0. The number of methoxy groups -OCH3 is 1. The highest BCUT2D eigenvalue weighted by molar-refractivity contribution is 5.79. The lowest BCUT2D eigenvalue weighted by Crippen LogP contribution is -2.22. The molecule has 1 heterocycles. The average Bonchev–Trinajstić information content (AvgIpc) is 2.68. The number of aromatic nitrogens is 2. The van der Waals surface area contributed by atoms with Gasteiger partial charge in [-0.15, -0.1) is 0 Å². The second kappa shape index (κ2) is 6.24. The van der Waals surface area contributed by atoms with Crippen LogP contribution in [0.1, 0.15) is 0 Å². The maximum absolute atomic E-state index is 13.2. The van der Waals surface area contributed by atoms with Crippen molar-refractivity contribution in [3.05, 3.63) is 89.2 Å². The van der Waals surface area contributed by atoms with Crippen LogP contribution in [0.5, 0.6) is 5.75 Å². The molecular weight excluding hydrogens is 312 g/mol. The van der Waals surface area contributed by atoms with Crippen molar-refractivity contribution in [1.82, 2.24) is 9.55 Å². The van der Waals surface area contributed by atoms with E-state index in [9.17, 15) is 4.79 Å². The lowest BCUT2D eigenvalue weighted by Gasteiger charge is -2.12. The third kappa shape index (κ3) is 2.68. The minimum atomic E-state index is -0.143. The number of benzene rings is 3. The van der Waals surface area contributed by atoms with E-state index in [1.165, 1.54) is 0 Å². The molecule has 122 valence electrons. The zero-order valence-corrected chi connectivity index (χ0v) is 13.7. The summed E-state index contributed by atoms with van der Waals surface area (Å²) >= 11 is 0. The Morgan fingerprint density at radius 1 is 0.840 bits per heavy atom. The van der Waals surface area contributed by atoms with E-state index < -0.39 is 0 Å². The summed E-state index contributed by atoms with van der Waals surface area (Å²) in [6.45, 7) is 0. The zero-order chi connectivity index (χ0) is 17.2. The largest absolute Gasteiger partial charge is 0.497 e. The van der Waals surface area contributed by atoms with Crippen LogP contribution in [0.4, 0.5) is 0 Å². The van der Waals surface area contributed by atoms with Crippen LogP contribution in [-0.4, -0.2) is 16.7 Å². The molecule has 0 N–H and O–H groups in total. The molecule has 0 bridgehead atoms. The Labute approximate surface area is 145 Å². The number of para-hydroxylation sites is 3. The molecular formula is C21H16N2O2. The van der Waals surface area contributed by atoms with Gasteiger partial charge in [-0.1, -0.05) is 30.3 Å². The summed E-state index contributed by atoms with van der Waals surface area (Å²) in [6, 6.07) is 24.7. The number of rotatable bonds is 3. The first-order valence-electron chi connectivity index (χ1n) is 7.99. The van der Waals surface area contributed by atoms with Gasteiger partial charge in [0.25, 0.3) is 5.56 Å². The average molecular weight is 328 g/mol. The van der Waals surface area contributed by atoms with Gasteiger partial charge in [-0.25, -0.2) is 4.98 Å². The highest BCUT2D eigenvalue weighted by atomic mass is 16.5.